The Kier molecular flexibility index (Phi) is 4.46. The van der Waals surface area contributed by atoms with Gasteiger partial charge in [-0.3, -0.25) is 14.0 Å². The number of imidazole rings is 1. The van der Waals surface area contributed by atoms with Crippen molar-refractivity contribution < 1.29 is 4.79 Å². The number of hydrogen-bond donors (Lipinski definition) is 1. The van der Waals surface area contributed by atoms with Gasteiger partial charge in [0.05, 0.1) is 0 Å². The molecule has 3 aromatic heterocycles. The van der Waals surface area contributed by atoms with Gasteiger partial charge in [-0.1, -0.05) is 0 Å². The molecule has 1 N–H and O–H groups in total. The van der Waals surface area contributed by atoms with Crippen LogP contribution >= 0.6 is 0 Å². The van der Waals surface area contributed by atoms with Crippen LogP contribution in [0.1, 0.15) is 17.8 Å². The lowest BCUT2D eigenvalue weighted by Gasteiger charge is -2.08. The number of hydrogen-bond acceptors (Lipinski definition) is 4. The topological polar surface area (TPSA) is 77.6 Å². The number of pyridine rings is 1. The maximum atomic E-state index is 11.9. The van der Waals surface area contributed by atoms with Crippen LogP contribution in [-0.4, -0.2) is 30.2 Å². The van der Waals surface area contributed by atoms with E-state index in [1.54, 1.807) is 23.3 Å². The molecule has 0 aromatic carbocycles. The molecule has 3 aromatic rings. The van der Waals surface area contributed by atoms with Crippen LogP contribution in [0.2, 0.25) is 0 Å². The van der Waals surface area contributed by atoms with Gasteiger partial charge in [0.25, 0.3) is 0 Å². The monoisotopic (exact) mass is 310 g/mol. The summed E-state index contributed by atoms with van der Waals surface area (Å²) in [7, 11) is 0. The van der Waals surface area contributed by atoms with Gasteiger partial charge >= 0.3 is 0 Å². The molecule has 0 aliphatic rings. The van der Waals surface area contributed by atoms with E-state index in [2.05, 4.69) is 20.4 Å². The van der Waals surface area contributed by atoms with Crippen LogP contribution < -0.4 is 5.32 Å². The summed E-state index contributed by atoms with van der Waals surface area (Å²) in [6, 6.07) is 5.68. The van der Waals surface area contributed by atoms with E-state index in [-0.39, 0.29) is 5.91 Å². The first-order valence-corrected chi connectivity index (χ1v) is 7.42. The Labute approximate surface area is 134 Å². The Hall–Kier alpha value is -2.96. The smallest absolute Gasteiger partial charge is 0.222 e. The fraction of sp³-hybridized carbons (Fsp3) is 0.250. The minimum Gasteiger partial charge on any atom is -0.352 e. The van der Waals surface area contributed by atoms with E-state index in [1.807, 2.05) is 42.1 Å². The third kappa shape index (κ3) is 3.82. The lowest BCUT2D eigenvalue weighted by molar-refractivity contribution is -0.121. The van der Waals surface area contributed by atoms with E-state index in [4.69, 9.17) is 0 Å². The maximum absolute atomic E-state index is 11.9. The highest BCUT2D eigenvalue weighted by Crippen LogP contribution is 2.09. The normalized spacial score (nSPS) is 10.7. The van der Waals surface area contributed by atoms with Crippen molar-refractivity contribution in [3.63, 3.8) is 0 Å². The molecule has 3 rings (SSSR count). The molecule has 118 valence electrons. The van der Waals surface area contributed by atoms with Crippen molar-refractivity contribution in [2.75, 3.05) is 0 Å². The molecule has 0 spiro atoms. The highest BCUT2D eigenvalue weighted by atomic mass is 16.1. The summed E-state index contributed by atoms with van der Waals surface area (Å²) in [5.41, 5.74) is 0.996. The molecule has 23 heavy (non-hydrogen) atoms. The minimum absolute atomic E-state index is 0.00215. The van der Waals surface area contributed by atoms with Gasteiger partial charge < -0.3 is 5.32 Å². The molecular weight excluding hydrogens is 292 g/mol. The molecule has 0 radical (unpaired) electrons. The molecule has 0 unspecified atom stereocenters. The van der Waals surface area contributed by atoms with E-state index < -0.39 is 0 Å². The number of carbonyl (C=O) groups is 1. The van der Waals surface area contributed by atoms with Crippen molar-refractivity contribution in [1.82, 2.24) is 29.6 Å². The summed E-state index contributed by atoms with van der Waals surface area (Å²) in [6.45, 7) is 2.97. The zero-order valence-electron chi connectivity index (χ0n) is 12.9. The Morgan fingerprint density at radius 3 is 2.87 bits per heavy atom. The fourth-order valence-electron chi connectivity index (χ4n) is 2.26. The van der Waals surface area contributed by atoms with Crippen molar-refractivity contribution in [2.24, 2.45) is 0 Å². The molecule has 1 amide bonds. The number of amides is 1. The minimum atomic E-state index is -0.00215. The number of carbonyl (C=O) groups excluding carboxylic acids is 1. The quantitative estimate of drug-likeness (QED) is 0.748. The van der Waals surface area contributed by atoms with Gasteiger partial charge in [-0.2, -0.15) is 5.10 Å². The van der Waals surface area contributed by atoms with Crippen molar-refractivity contribution in [1.29, 1.82) is 0 Å². The molecule has 0 atom stereocenters. The molecule has 0 fully saturated rings. The van der Waals surface area contributed by atoms with Crippen molar-refractivity contribution >= 4 is 5.91 Å². The lowest BCUT2D eigenvalue weighted by Crippen LogP contribution is -2.24. The molecule has 7 heteroatoms. The van der Waals surface area contributed by atoms with Crippen LogP contribution in [-0.2, 0) is 17.9 Å². The molecule has 0 aliphatic heterocycles. The van der Waals surface area contributed by atoms with E-state index in [1.165, 1.54) is 0 Å². The lowest BCUT2D eigenvalue weighted by atomic mass is 10.2. The van der Waals surface area contributed by atoms with Crippen LogP contribution in [0, 0.1) is 6.92 Å². The molecule has 0 saturated carbocycles. The Bertz CT molecular complexity index is 777. The first-order valence-electron chi connectivity index (χ1n) is 7.42. The highest BCUT2D eigenvalue weighted by molar-refractivity contribution is 5.75. The average molecular weight is 310 g/mol. The maximum Gasteiger partial charge on any atom is 0.222 e. The Morgan fingerprint density at radius 1 is 1.22 bits per heavy atom. The van der Waals surface area contributed by atoms with Gasteiger partial charge in [0.15, 0.2) is 0 Å². The second-order valence-electron chi connectivity index (χ2n) is 5.16. The summed E-state index contributed by atoms with van der Waals surface area (Å²) in [4.78, 5) is 20.4. The number of aromatic nitrogens is 5. The van der Waals surface area contributed by atoms with E-state index in [0.717, 1.165) is 17.2 Å². The number of aryl methyl sites for hydroxylation is 2. The van der Waals surface area contributed by atoms with Gasteiger partial charge in [0, 0.05) is 50.5 Å². The number of rotatable bonds is 6. The summed E-state index contributed by atoms with van der Waals surface area (Å²) < 4.78 is 3.65. The van der Waals surface area contributed by atoms with E-state index >= 15 is 0 Å². The number of nitrogens with one attached hydrogen (secondary N) is 1. The van der Waals surface area contributed by atoms with Crippen LogP contribution in [0.15, 0.2) is 49.2 Å². The number of nitrogens with zero attached hydrogens (tertiary/aromatic N) is 5. The van der Waals surface area contributed by atoms with E-state index in [9.17, 15) is 4.79 Å². The highest BCUT2D eigenvalue weighted by Gasteiger charge is 2.05. The molecule has 0 saturated heterocycles. The first-order chi connectivity index (χ1) is 11.2. The van der Waals surface area contributed by atoms with Crippen LogP contribution in [0.5, 0.6) is 0 Å². The van der Waals surface area contributed by atoms with Gasteiger partial charge in [-0.25, -0.2) is 9.97 Å². The standard InChI is InChI=1S/C16H18N6O/c1-13-17-7-10-22(13)15-11-14(3-6-18-15)12-19-16(23)4-9-21-8-2-5-20-21/h2-3,5-8,10-11H,4,9,12H2,1H3,(H,19,23). The van der Waals surface area contributed by atoms with Crippen LogP contribution in [0.4, 0.5) is 0 Å². The van der Waals surface area contributed by atoms with Crippen molar-refractivity contribution in [3.8, 4) is 5.82 Å². The Morgan fingerprint density at radius 2 is 2.13 bits per heavy atom. The zero-order chi connectivity index (χ0) is 16.1. The first kappa shape index (κ1) is 15.0. The fourth-order valence-corrected chi connectivity index (χ4v) is 2.26. The van der Waals surface area contributed by atoms with Gasteiger partial charge in [-0.15, -0.1) is 0 Å². The summed E-state index contributed by atoms with van der Waals surface area (Å²) >= 11 is 0. The van der Waals surface area contributed by atoms with E-state index in [0.29, 0.717) is 19.5 Å². The third-order valence-corrected chi connectivity index (χ3v) is 3.50. The van der Waals surface area contributed by atoms with Gasteiger partial charge in [-0.05, 0) is 30.7 Å². The van der Waals surface area contributed by atoms with Gasteiger partial charge in [0.1, 0.15) is 11.6 Å². The predicted octanol–water partition coefficient (Wildman–Crippen LogP) is 1.48. The summed E-state index contributed by atoms with van der Waals surface area (Å²) in [5, 5.41) is 6.99. The third-order valence-electron chi connectivity index (χ3n) is 3.50. The Balaban J connectivity index is 1.56. The molecule has 3 heterocycles. The van der Waals surface area contributed by atoms with Gasteiger partial charge in [0.2, 0.25) is 5.91 Å². The summed E-state index contributed by atoms with van der Waals surface area (Å²) in [5.74, 6) is 1.67. The summed E-state index contributed by atoms with van der Waals surface area (Å²) in [6.07, 6.45) is 9.29. The molecule has 7 nitrogen and oxygen atoms in total. The predicted molar refractivity (Wildman–Crippen MR) is 84.8 cm³/mol. The molecule has 0 aliphatic carbocycles. The SMILES string of the molecule is Cc1nccn1-c1cc(CNC(=O)CCn2cccn2)ccn1. The second-order valence-corrected chi connectivity index (χ2v) is 5.16. The van der Waals surface area contributed by atoms with Crippen molar-refractivity contribution in [3.05, 3.63) is 60.6 Å². The molecule has 0 bridgehead atoms. The largest absolute Gasteiger partial charge is 0.352 e. The van der Waals surface area contributed by atoms with Crippen molar-refractivity contribution in [2.45, 2.75) is 26.4 Å². The zero-order valence-corrected chi connectivity index (χ0v) is 12.9. The average Bonchev–Trinajstić information content (AvgIpc) is 3.22. The second kappa shape index (κ2) is 6.87. The van der Waals surface area contributed by atoms with Crippen LogP contribution in [0.3, 0.4) is 0 Å². The van der Waals surface area contributed by atoms with Crippen LogP contribution in [0.25, 0.3) is 5.82 Å². The molecular formula is C16H18N6O.